The predicted octanol–water partition coefficient (Wildman–Crippen LogP) is 3.19. The van der Waals surface area contributed by atoms with E-state index in [2.05, 4.69) is 4.98 Å². The van der Waals surface area contributed by atoms with E-state index in [4.69, 9.17) is 5.73 Å². The molecule has 0 aliphatic carbocycles. The molecule has 0 amide bonds. The average Bonchev–Trinajstić information content (AvgIpc) is 2.67. The molecule has 3 aromatic rings. The van der Waals surface area contributed by atoms with Gasteiger partial charge in [-0.3, -0.25) is 4.57 Å². The van der Waals surface area contributed by atoms with E-state index < -0.39 is 11.6 Å². The highest BCUT2D eigenvalue weighted by molar-refractivity contribution is 5.81. The molecule has 2 aromatic carbocycles. The number of aromatic nitrogens is 2. The Balaban J connectivity index is 2.36. The number of aryl methyl sites for hydroxylation is 1. The molecular formula is C14H11F2N3. The molecule has 0 unspecified atom stereocenters. The van der Waals surface area contributed by atoms with Crippen molar-refractivity contribution in [2.24, 2.45) is 0 Å². The summed E-state index contributed by atoms with van der Waals surface area (Å²) in [5.41, 5.74) is 7.76. The lowest BCUT2D eigenvalue weighted by molar-refractivity contribution is 0.592. The van der Waals surface area contributed by atoms with Crippen LogP contribution in [0.1, 0.15) is 5.82 Å². The van der Waals surface area contributed by atoms with Gasteiger partial charge in [-0.1, -0.05) is 0 Å². The smallest absolute Gasteiger partial charge is 0.147 e. The summed E-state index contributed by atoms with van der Waals surface area (Å²) in [6.45, 7) is 1.74. The highest BCUT2D eigenvalue weighted by Gasteiger charge is 2.13. The van der Waals surface area contributed by atoms with Crippen molar-refractivity contribution < 1.29 is 8.78 Å². The highest BCUT2D eigenvalue weighted by atomic mass is 19.1. The summed E-state index contributed by atoms with van der Waals surface area (Å²) in [7, 11) is 0. The van der Waals surface area contributed by atoms with Crippen molar-refractivity contribution in [1.82, 2.24) is 9.55 Å². The number of benzene rings is 2. The number of imidazole rings is 1. The number of fused-ring (bicyclic) bond motifs is 1. The van der Waals surface area contributed by atoms with Crippen LogP contribution in [0.25, 0.3) is 16.7 Å². The van der Waals surface area contributed by atoms with Gasteiger partial charge in [0.2, 0.25) is 0 Å². The first-order valence-electron chi connectivity index (χ1n) is 5.76. The van der Waals surface area contributed by atoms with Crippen molar-refractivity contribution in [2.45, 2.75) is 6.92 Å². The Hall–Kier alpha value is -2.43. The molecule has 0 saturated heterocycles. The van der Waals surface area contributed by atoms with E-state index in [1.54, 1.807) is 29.7 Å². The van der Waals surface area contributed by atoms with Crippen LogP contribution < -0.4 is 5.73 Å². The summed E-state index contributed by atoms with van der Waals surface area (Å²) in [5.74, 6) is -0.418. The SMILES string of the molecule is Cc1nc2cc(N)ccc2n1-c1cc(F)ccc1F. The fourth-order valence-electron chi connectivity index (χ4n) is 2.18. The highest BCUT2D eigenvalue weighted by Crippen LogP contribution is 2.25. The van der Waals surface area contributed by atoms with Crippen molar-refractivity contribution in [3.8, 4) is 5.69 Å². The molecule has 0 aliphatic rings. The summed E-state index contributed by atoms with van der Waals surface area (Å²) in [5, 5.41) is 0. The molecule has 3 nitrogen and oxygen atoms in total. The van der Waals surface area contributed by atoms with Gasteiger partial charge in [0.05, 0.1) is 16.7 Å². The fourth-order valence-corrected chi connectivity index (χ4v) is 2.18. The Morgan fingerprint density at radius 2 is 1.89 bits per heavy atom. The van der Waals surface area contributed by atoms with E-state index in [0.717, 1.165) is 18.2 Å². The monoisotopic (exact) mass is 259 g/mol. The van der Waals surface area contributed by atoms with Crippen LogP contribution in [-0.2, 0) is 0 Å². The number of nitrogens with two attached hydrogens (primary N) is 1. The number of nitrogens with zero attached hydrogens (tertiary/aromatic N) is 2. The summed E-state index contributed by atoms with van der Waals surface area (Å²) in [6.07, 6.45) is 0. The Morgan fingerprint density at radius 3 is 2.68 bits per heavy atom. The zero-order valence-corrected chi connectivity index (χ0v) is 10.2. The Bertz CT molecular complexity index is 778. The second kappa shape index (κ2) is 4.05. The summed E-state index contributed by atoms with van der Waals surface area (Å²) >= 11 is 0. The van der Waals surface area contributed by atoms with Crippen LogP contribution in [0.2, 0.25) is 0 Å². The Labute approximate surface area is 108 Å². The maximum atomic E-state index is 13.9. The predicted molar refractivity (Wildman–Crippen MR) is 70.1 cm³/mol. The molecule has 19 heavy (non-hydrogen) atoms. The van der Waals surface area contributed by atoms with Crippen LogP contribution in [0.5, 0.6) is 0 Å². The minimum atomic E-state index is -0.499. The van der Waals surface area contributed by atoms with Gasteiger partial charge in [0.1, 0.15) is 17.5 Å². The van der Waals surface area contributed by atoms with Crippen LogP contribution in [-0.4, -0.2) is 9.55 Å². The quantitative estimate of drug-likeness (QED) is 0.682. The maximum absolute atomic E-state index is 13.9. The number of nitrogen functional groups attached to an aromatic ring is 1. The molecule has 0 spiro atoms. The van der Waals surface area contributed by atoms with Gasteiger partial charge in [-0.05, 0) is 37.3 Å². The van der Waals surface area contributed by atoms with Gasteiger partial charge < -0.3 is 5.73 Å². The Morgan fingerprint density at radius 1 is 1.11 bits per heavy atom. The Kier molecular flexibility index (Phi) is 2.48. The van der Waals surface area contributed by atoms with Crippen molar-refractivity contribution >= 4 is 16.7 Å². The molecule has 0 radical (unpaired) electrons. The summed E-state index contributed by atoms with van der Waals surface area (Å²) in [6, 6.07) is 8.50. The van der Waals surface area contributed by atoms with E-state index in [1.807, 2.05) is 0 Å². The van der Waals surface area contributed by atoms with E-state index in [9.17, 15) is 8.78 Å². The third kappa shape index (κ3) is 1.83. The average molecular weight is 259 g/mol. The summed E-state index contributed by atoms with van der Waals surface area (Å²) < 4.78 is 28.8. The minimum Gasteiger partial charge on any atom is -0.399 e. The van der Waals surface area contributed by atoms with Crippen LogP contribution in [0.15, 0.2) is 36.4 Å². The molecule has 0 bridgehead atoms. The molecular weight excluding hydrogens is 248 g/mol. The van der Waals surface area contributed by atoms with Gasteiger partial charge in [0, 0.05) is 11.8 Å². The van der Waals surface area contributed by atoms with Crippen molar-refractivity contribution in [1.29, 1.82) is 0 Å². The molecule has 0 atom stereocenters. The molecule has 5 heteroatoms. The number of rotatable bonds is 1. The van der Waals surface area contributed by atoms with Gasteiger partial charge in [-0.2, -0.15) is 0 Å². The van der Waals surface area contributed by atoms with E-state index >= 15 is 0 Å². The lowest BCUT2D eigenvalue weighted by Gasteiger charge is -2.08. The maximum Gasteiger partial charge on any atom is 0.147 e. The minimum absolute atomic E-state index is 0.143. The van der Waals surface area contributed by atoms with Gasteiger partial charge in [0.25, 0.3) is 0 Å². The molecule has 0 fully saturated rings. The first kappa shape index (κ1) is 11.6. The molecule has 0 saturated carbocycles. The number of hydrogen-bond donors (Lipinski definition) is 1. The second-order valence-electron chi connectivity index (χ2n) is 4.34. The first-order valence-corrected chi connectivity index (χ1v) is 5.76. The van der Waals surface area contributed by atoms with Gasteiger partial charge >= 0.3 is 0 Å². The first-order chi connectivity index (χ1) is 9.06. The van der Waals surface area contributed by atoms with Gasteiger partial charge in [0.15, 0.2) is 0 Å². The normalized spacial score (nSPS) is 11.1. The summed E-state index contributed by atoms with van der Waals surface area (Å²) in [4.78, 5) is 4.31. The molecule has 0 aliphatic heterocycles. The molecule has 1 aromatic heterocycles. The van der Waals surface area contributed by atoms with Gasteiger partial charge in [-0.15, -0.1) is 0 Å². The van der Waals surface area contributed by atoms with Crippen LogP contribution in [0.4, 0.5) is 14.5 Å². The largest absolute Gasteiger partial charge is 0.399 e. The fraction of sp³-hybridized carbons (Fsp3) is 0.0714. The number of halogens is 2. The van der Waals surface area contributed by atoms with Crippen LogP contribution in [0, 0.1) is 18.6 Å². The van der Waals surface area contributed by atoms with Gasteiger partial charge in [-0.25, -0.2) is 13.8 Å². The molecule has 3 rings (SSSR count). The molecule has 1 heterocycles. The van der Waals surface area contributed by atoms with Crippen LogP contribution >= 0.6 is 0 Å². The third-order valence-corrected chi connectivity index (χ3v) is 3.00. The third-order valence-electron chi connectivity index (χ3n) is 3.00. The second-order valence-corrected chi connectivity index (χ2v) is 4.34. The van der Waals surface area contributed by atoms with Crippen molar-refractivity contribution in [3.05, 3.63) is 53.9 Å². The number of anilines is 1. The van der Waals surface area contributed by atoms with E-state index in [-0.39, 0.29) is 5.69 Å². The topological polar surface area (TPSA) is 43.8 Å². The molecule has 2 N–H and O–H groups in total. The molecule has 96 valence electrons. The van der Waals surface area contributed by atoms with E-state index in [1.165, 1.54) is 0 Å². The zero-order chi connectivity index (χ0) is 13.6. The number of hydrogen-bond acceptors (Lipinski definition) is 2. The van der Waals surface area contributed by atoms with Crippen molar-refractivity contribution in [2.75, 3.05) is 5.73 Å². The van der Waals surface area contributed by atoms with Crippen LogP contribution in [0.3, 0.4) is 0 Å². The zero-order valence-electron chi connectivity index (χ0n) is 10.2. The lowest BCUT2D eigenvalue weighted by Crippen LogP contribution is -2.01. The van der Waals surface area contributed by atoms with Crippen molar-refractivity contribution in [3.63, 3.8) is 0 Å². The van der Waals surface area contributed by atoms with E-state index in [0.29, 0.717) is 22.5 Å². The standard InChI is InChI=1S/C14H11F2N3/c1-8-18-12-7-10(17)3-5-13(12)19(8)14-6-9(15)2-4-11(14)16/h2-7H,17H2,1H3. The lowest BCUT2D eigenvalue weighted by atomic mass is 10.2.